The highest BCUT2D eigenvalue weighted by Gasteiger charge is 2.22. The third-order valence-corrected chi connectivity index (χ3v) is 3.43. The molecule has 1 N–H and O–H groups in total. The van der Waals surface area contributed by atoms with E-state index in [1.807, 2.05) is 11.0 Å². The van der Waals surface area contributed by atoms with E-state index in [-0.39, 0.29) is 11.7 Å². The van der Waals surface area contributed by atoms with Gasteiger partial charge in [0.2, 0.25) is 5.82 Å². The van der Waals surface area contributed by atoms with E-state index < -0.39 is 0 Å². The first kappa shape index (κ1) is 11.9. The first-order chi connectivity index (χ1) is 9.24. The Balaban J connectivity index is 1.84. The summed E-state index contributed by atoms with van der Waals surface area (Å²) in [6.07, 6.45) is 2.00. The van der Waals surface area contributed by atoms with Gasteiger partial charge in [-0.2, -0.15) is 0 Å². The topological polar surface area (TPSA) is 61.9 Å². The molecule has 19 heavy (non-hydrogen) atoms. The van der Waals surface area contributed by atoms with Gasteiger partial charge in [-0.15, -0.1) is 5.10 Å². The van der Waals surface area contributed by atoms with E-state index in [0.29, 0.717) is 12.4 Å². The lowest BCUT2D eigenvalue weighted by molar-refractivity contribution is 0.0734. The summed E-state index contributed by atoms with van der Waals surface area (Å²) in [6.45, 7) is 3.19. The van der Waals surface area contributed by atoms with Crippen molar-refractivity contribution in [3.63, 3.8) is 0 Å². The Bertz CT molecular complexity index is 605. The predicted octanol–water partition coefficient (Wildman–Crippen LogP) is 1.70. The van der Waals surface area contributed by atoms with Crippen LogP contribution in [0.25, 0.3) is 0 Å². The van der Waals surface area contributed by atoms with Gasteiger partial charge in [-0.3, -0.25) is 9.89 Å². The van der Waals surface area contributed by atoms with Crippen LogP contribution in [0.1, 0.15) is 34.0 Å². The standard InChI is InChI=1S/C14H16N4O/c1-10-15-13(17-16-10)14(19)18-8-4-7-11-5-2-3-6-12(11)9-18/h2-3,5-6H,4,7-9H2,1H3,(H,15,16,17). The molecule has 0 fully saturated rings. The molecule has 0 spiro atoms. The van der Waals surface area contributed by atoms with Crippen molar-refractivity contribution in [2.45, 2.75) is 26.3 Å². The van der Waals surface area contributed by atoms with Crippen molar-refractivity contribution in [1.29, 1.82) is 0 Å². The Morgan fingerprint density at radius 3 is 2.84 bits per heavy atom. The van der Waals surface area contributed by atoms with Crippen molar-refractivity contribution in [1.82, 2.24) is 20.1 Å². The molecule has 5 heteroatoms. The Kier molecular flexibility index (Phi) is 3.03. The summed E-state index contributed by atoms with van der Waals surface area (Å²) in [5.41, 5.74) is 2.56. The number of hydrogen-bond donors (Lipinski definition) is 1. The maximum Gasteiger partial charge on any atom is 0.293 e. The summed E-state index contributed by atoms with van der Waals surface area (Å²) < 4.78 is 0. The number of rotatable bonds is 1. The summed E-state index contributed by atoms with van der Waals surface area (Å²) in [7, 11) is 0. The van der Waals surface area contributed by atoms with Crippen LogP contribution in [-0.2, 0) is 13.0 Å². The fourth-order valence-corrected chi connectivity index (χ4v) is 2.45. The molecular formula is C14H16N4O. The van der Waals surface area contributed by atoms with Gasteiger partial charge in [-0.25, -0.2) is 4.98 Å². The highest BCUT2D eigenvalue weighted by atomic mass is 16.2. The van der Waals surface area contributed by atoms with E-state index in [4.69, 9.17) is 0 Å². The quantitative estimate of drug-likeness (QED) is 0.844. The van der Waals surface area contributed by atoms with E-state index in [0.717, 1.165) is 19.4 Å². The van der Waals surface area contributed by atoms with Crippen LogP contribution in [0.5, 0.6) is 0 Å². The molecule has 0 aliphatic carbocycles. The third-order valence-electron chi connectivity index (χ3n) is 3.43. The van der Waals surface area contributed by atoms with Crippen LogP contribution in [0, 0.1) is 6.92 Å². The van der Waals surface area contributed by atoms with Crippen molar-refractivity contribution in [3.05, 3.63) is 47.0 Å². The number of aromatic nitrogens is 3. The number of carbonyl (C=O) groups is 1. The summed E-state index contributed by atoms with van der Waals surface area (Å²) >= 11 is 0. The van der Waals surface area contributed by atoms with Gasteiger partial charge in [-0.1, -0.05) is 24.3 Å². The fraction of sp³-hybridized carbons (Fsp3) is 0.357. The van der Waals surface area contributed by atoms with E-state index in [9.17, 15) is 4.79 Å². The fourth-order valence-electron chi connectivity index (χ4n) is 2.45. The summed E-state index contributed by atoms with van der Waals surface area (Å²) in [6, 6.07) is 8.29. The molecule has 1 aromatic carbocycles. The SMILES string of the molecule is Cc1nc(C(=O)N2CCCc3ccccc3C2)n[nH]1. The molecule has 98 valence electrons. The number of H-pyrrole nitrogens is 1. The number of nitrogens with one attached hydrogen (secondary N) is 1. The van der Waals surface area contributed by atoms with Crippen LogP contribution in [0.3, 0.4) is 0 Å². The molecule has 0 bridgehead atoms. The first-order valence-corrected chi connectivity index (χ1v) is 6.49. The number of benzene rings is 1. The second kappa shape index (κ2) is 4.84. The van der Waals surface area contributed by atoms with Crippen molar-refractivity contribution < 1.29 is 4.79 Å². The average Bonchev–Trinajstić information content (AvgIpc) is 2.74. The zero-order valence-electron chi connectivity index (χ0n) is 10.9. The molecule has 0 radical (unpaired) electrons. The van der Waals surface area contributed by atoms with E-state index in [1.54, 1.807) is 6.92 Å². The van der Waals surface area contributed by atoms with Gasteiger partial charge >= 0.3 is 0 Å². The zero-order valence-corrected chi connectivity index (χ0v) is 10.9. The van der Waals surface area contributed by atoms with Crippen LogP contribution in [-0.4, -0.2) is 32.5 Å². The lowest BCUT2D eigenvalue weighted by Crippen LogP contribution is -2.31. The Labute approximate surface area is 111 Å². The molecule has 1 amide bonds. The number of amides is 1. The number of fused-ring (bicyclic) bond motifs is 1. The highest BCUT2D eigenvalue weighted by molar-refractivity contribution is 5.90. The molecule has 0 saturated heterocycles. The summed E-state index contributed by atoms with van der Waals surface area (Å²) in [5, 5.41) is 6.66. The first-order valence-electron chi connectivity index (χ1n) is 6.49. The minimum Gasteiger partial charge on any atom is -0.332 e. The number of carbonyl (C=O) groups excluding carboxylic acids is 1. The van der Waals surface area contributed by atoms with Crippen molar-refractivity contribution >= 4 is 5.91 Å². The Morgan fingerprint density at radius 1 is 1.32 bits per heavy atom. The molecule has 0 unspecified atom stereocenters. The van der Waals surface area contributed by atoms with Gasteiger partial charge in [0.05, 0.1) is 0 Å². The van der Waals surface area contributed by atoms with Crippen LogP contribution in [0.15, 0.2) is 24.3 Å². The molecule has 5 nitrogen and oxygen atoms in total. The second-order valence-electron chi connectivity index (χ2n) is 4.84. The van der Waals surface area contributed by atoms with Gasteiger partial charge in [-0.05, 0) is 30.9 Å². The maximum atomic E-state index is 12.4. The van der Waals surface area contributed by atoms with E-state index >= 15 is 0 Å². The van der Waals surface area contributed by atoms with Crippen molar-refractivity contribution in [2.24, 2.45) is 0 Å². The van der Waals surface area contributed by atoms with Crippen LogP contribution >= 0.6 is 0 Å². The molecule has 1 aliphatic heterocycles. The second-order valence-corrected chi connectivity index (χ2v) is 4.84. The zero-order chi connectivity index (χ0) is 13.2. The molecular weight excluding hydrogens is 240 g/mol. The normalized spacial score (nSPS) is 14.9. The highest BCUT2D eigenvalue weighted by Crippen LogP contribution is 2.19. The number of hydrogen-bond acceptors (Lipinski definition) is 3. The molecule has 2 heterocycles. The molecule has 2 aromatic rings. The van der Waals surface area contributed by atoms with Gasteiger partial charge in [0.25, 0.3) is 5.91 Å². The van der Waals surface area contributed by atoms with Gasteiger partial charge in [0.1, 0.15) is 5.82 Å². The monoisotopic (exact) mass is 256 g/mol. The molecule has 3 rings (SSSR count). The minimum absolute atomic E-state index is 0.0962. The number of aromatic amines is 1. The number of nitrogens with zero attached hydrogens (tertiary/aromatic N) is 3. The van der Waals surface area contributed by atoms with Crippen molar-refractivity contribution in [3.8, 4) is 0 Å². The van der Waals surface area contributed by atoms with Gasteiger partial charge < -0.3 is 4.90 Å². The summed E-state index contributed by atoms with van der Waals surface area (Å²) in [4.78, 5) is 18.3. The maximum absolute atomic E-state index is 12.4. The lowest BCUT2D eigenvalue weighted by Gasteiger charge is -2.19. The minimum atomic E-state index is -0.0962. The van der Waals surface area contributed by atoms with Crippen LogP contribution in [0.4, 0.5) is 0 Å². The molecule has 1 aromatic heterocycles. The molecule has 1 aliphatic rings. The average molecular weight is 256 g/mol. The van der Waals surface area contributed by atoms with Crippen LogP contribution < -0.4 is 0 Å². The Morgan fingerprint density at radius 2 is 2.11 bits per heavy atom. The van der Waals surface area contributed by atoms with Gasteiger partial charge in [0, 0.05) is 13.1 Å². The molecule has 0 atom stereocenters. The largest absolute Gasteiger partial charge is 0.332 e. The number of aryl methyl sites for hydroxylation is 2. The smallest absolute Gasteiger partial charge is 0.293 e. The predicted molar refractivity (Wildman–Crippen MR) is 70.6 cm³/mol. The van der Waals surface area contributed by atoms with E-state index in [1.165, 1.54) is 11.1 Å². The third kappa shape index (κ3) is 2.36. The van der Waals surface area contributed by atoms with E-state index in [2.05, 4.69) is 33.4 Å². The van der Waals surface area contributed by atoms with Gasteiger partial charge in [0.15, 0.2) is 0 Å². The van der Waals surface area contributed by atoms with Crippen LogP contribution in [0.2, 0.25) is 0 Å². The lowest BCUT2D eigenvalue weighted by atomic mass is 10.0. The summed E-state index contributed by atoms with van der Waals surface area (Å²) in [5.74, 6) is 0.830. The Hall–Kier alpha value is -2.17. The molecule has 0 saturated carbocycles. The van der Waals surface area contributed by atoms with Crippen molar-refractivity contribution in [2.75, 3.05) is 6.54 Å².